The van der Waals surface area contributed by atoms with Gasteiger partial charge in [0.1, 0.15) is 5.82 Å². The van der Waals surface area contributed by atoms with Gasteiger partial charge in [0.15, 0.2) is 0 Å². The summed E-state index contributed by atoms with van der Waals surface area (Å²) < 4.78 is 39.7. The van der Waals surface area contributed by atoms with Crippen molar-refractivity contribution >= 4 is 32.4 Å². The molecule has 0 bridgehead atoms. The molecule has 1 N–H and O–H groups in total. The normalized spacial score (nSPS) is 11.3. The fourth-order valence-corrected chi connectivity index (χ4v) is 4.48. The minimum Gasteiger partial charge on any atom is -0.348 e. The van der Waals surface area contributed by atoms with Crippen molar-refractivity contribution in [2.75, 3.05) is 10.6 Å². The monoisotopic (exact) mass is 462 g/mol. The molecule has 0 aliphatic rings. The third kappa shape index (κ3) is 5.38. The fourth-order valence-electron chi connectivity index (χ4n) is 3.60. The number of carbonyl (C=O) groups excluding carboxylic acids is 1. The topological polar surface area (TPSA) is 66.5 Å². The molecule has 4 aromatic rings. The highest BCUT2D eigenvalue weighted by Gasteiger charge is 2.21. The van der Waals surface area contributed by atoms with Crippen LogP contribution in [-0.2, 0) is 23.1 Å². The molecular weight excluding hydrogens is 439 g/mol. The number of nitrogens with one attached hydrogen (secondary N) is 1. The maximum Gasteiger partial charge on any atom is 0.251 e. The fraction of sp³-hybridized carbons (Fsp3) is 0.115. The van der Waals surface area contributed by atoms with Crippen LogP contribution in [0.4, 0.5) is 10.1 Å². The number of anilines is 1. The second kappa shape index (κ2) is 9.42. The Bertz CT molecular complexity index is 1400. The molecule has 0 aliphatic carbocycles. The van der Waals surface area contributed by atoms with Crippen molar-refractivity contribution in [1.82, 2.24) is 5.32 Å². The number of para-hydroxylation sites is 1. The smallest absolute Gasteiger partial charge is 0.251 e. The summed E-state index contributed by atoms with van der Waals surface area (Å²) in [5.74, 6) is -0.851. The Morgan fingerprint density at radius 2 is 1.48 bits per heavy atom. The maximum absolute atomic E-state index is 14.2. The number of fused-ring (bicyclic) bond motifs is 1. The summed E-state index contributed by atoms with van der Waals surface area (Å²) in [7, 11) is -3.71. The summed E-state index contributed by atoms with van der Waals surface area (Å²) >= 11 is 0. The number of sulfonamides is 1. The maximum atomic E-state index is 14.2. The van der Waals surface area contributed by atoms with Crippen LogP contribution in [-0.4, -0.2) is 20.6 Å². The molecule has 0 aliphatic heterocycles. The van der Waals surface area contributed by atoms with Crippen molar-refractivity contribution in [2.45, 2.75) is 13.1 Å². The summed E-state index contributed by atoms with van der Waals surface area (Å²) in [6.45, 7) is 0.347. The first-order valence-electron chi connectivity index (χ1n) is 10.4. The van der Waals surface area contributed by atoms with Crippen LogP contribution in [0.2, 0.25) is 0 Å². The van der Waals surface area contributed by atoms with E-state index < -0.39 is 15.8 Å². The summed E-state index contributed by atoms with van der Waals surface area (Å²) in [6, 6.07) is 26.4. The van der Waals surface area contributed by atoms with Crippen LogP contribution in [0.25, 0.3) is 10.8 Å². The van der Waals surface area contributed by atoms with E-state index in [0.717, 1.165) is 26.9 Å². The molecular formula is C26H23FN2O3S. The average Bonchev–Trinajstić information content (AvgIpc) is 2.81. The summed E-state index contributed by atoms with van der Waals surface area (Å²) in [4.78, 5) is 12.6. The molecule has 4 aromatic carbocycles. The highest BCUT2D eigenvalue weighted by molar-refractivity contribution is 7.92. The molecule has 0 saturated carbocycles. The SMILES string of the molecule is CS(=O)(=O)N(Cc1ccc(C(=O)NCc2ccc3ccccc3c2)cc1)c1ccccc1F. The minimum atomic E-state index is -3.71. The van der Waals surface area contributed by atoms with Gasteiger partial charge in [-0.05, 0) is 52.2 Å². The zero-order valence-electron chi connectivity index (χ0n) is 18.0. The van der Waals surface area contributed by atoms with Crippen LogP contribution >= 0.6 is 0 Å². The number of rotatable bonds is 7. The Labute approximate surface area is 192 Å². The third-order valence-electron chi connectivity index (χ3n) is 5.33. The van der Waals surface area contributed by atoms with E-state index in [1.54, 1.807) is 30.3 Å². The van der Waals surface area contributed by atoms with Crippen LogP contribution in [0.15, 0.2) is 91.0 Å². The van der Waals surface area contributed by atoms with Crippen LogP contribution in [0.3, 0.4) is 0 Å². The number of hydrogen-bond acceptors (Lipinski definition) is 3. The Hall–Kier alpha value is -3.71. The molecule has 0 unspecified atom stereocenters. The van der Waals surface area contributed by atoms with Gasteiger partial charge in [-0.1, -0.05) is 60.7 Å². The van der Waals surface area contributed by atoms with Gasteiger partial charge in [-0.15, -0.1) is 0 Å². The van der Waals surface area contributed by atoms with Crippen molar-refractivity contribution < 1.29 is 17.6 Å². The standard InChI is InChI=1S/C26H23FN2O3S/c1-33(31,32)29(25-9-5-4-8-24(25)27)18-19-10-14-22(15-11-19)26(30)28-17-20-12-13-21-6-2-3-7-23(21)16-20/h2-16H,17-18H2,1H3,(H,28,30). The first-order chi connectivity index (χ1) is 15.8. The van der Waals surface area contributed by atoms with E-state index in [-0.39, 0.29) is 18.1 Å². The number of hydrogen-bond donors (Lipinski definition) is 1. The van der Waals surface area contributed by atoms with Crippen LogP contribution in [0.5, 0.6) is 0 Å². The lowest BCUT2D eigenvalue weighted by Crippen LogP contribution is -2.30. The second-order valence-corrected chi connectivity index (χ2v) is 9.69. The lowest BCUT2D eigenvalue weighted by Gasteiger charge is -2.23. The van der Waals surface area contributed by atoms with Crippen LogP contribution < -0.4 is 9.62 Å². The Kier molecular flexibility index (Phi) is 6.42. The molecule has 7 heteroatoms. The van der Waals surface area contributed by atoms with Gasteiger partial charge in [0.05, 0.1) is 18.5 Å². The predicted molar refractivity (Wildman–Crippen MR) is 129 cm³/mol. The highest BCUT2D eigenvalue weighted by atomic mass is 32.2. The zero-order valence-corrected chi connectivity index (χ0v) is 18.8. The summed E-state index contributed by atoms with van der Waals surface area (Å²) in [5.41, 5.74) is 2.07. The van der Waals surface area contributed by atoms with Crippen molar-refractivity contribution in [3.63, 3.8) is 0 Å². The summed E-state index contributed by atoms with van der Waals surface area (Å²) in [6.07, 6.45) is 1.04. The Morgan fingerprint density at radius 1 is 0.848 bits per heavy atom. The molecule has 33 heavy (non-hydrogen) atoms. The number of carbonyl (C=O) groups is 1. The zero-order chi connectivity index (χ0) is 23.4. The molecule has 168 valence electrons. The lowest BCUT2D eigenvalue weighted by atomic mass is 10.1. The quantitative estimate of drug-likeness (QED) is 0.426. The van der Waals surface area contributed by atoms with E-state index in [9.17, 15) is 17.6 Å². The van der Waals surface area contributed by atoms with Gasteiger partial charge in [-0.3, -0.25) is 9.10 Å². The van der Waals surface area contributed by atoms with Crippen molar-refractivity contribution in [2.24, 2.45) is 0 Å². The van der Waals surface area contributed by atoms with E-state index in [4.69, 9.17) is 0 Å². The van der Waals surface area contributed by atoms with Gasteiger partial charge in [0.2, 0.25) is 10.0 Å². The van der Waals surface area contributed by atoms with Crippen molar-refractivity contribution in [1.29, 1.82) is 0 Å². The first-order valence-corrected chi connectivity index (χ1v) is 12.2. The predicted octanol–water partition coefficient (Wildman–Crippen LogP) is 4.88. The van der Waals surface area contributed by atoms with Crippen LogP contribution in [0, 0.1) is 5.82 Å². The molecule has 0 fully saturated rings. The second-order valence-electron chi connectivity index (χ2n) is 7.78. The van der Waals surface area contributed by atoms with Crippen molar-refractivity contribution in [3.05, 3.63) is 114 Å². The van der Waals surface area contributed by atoms with E-state index in [1.807, 2.05) is 42.5 Å². The first kappa shape index (κ1) is 22.5. The molecule has 5 nitrogen and oxygen atoms in total. The van der Waals surface area contributed by atoms with Crippen molar-refractivity contribution in [3.8, 4) is 0 Å². The number of benzene rings is 4. The Balaban J connectivity index is 1.44. The van der Waals surface area contributed by atoms with Gasteiger partial charge >= 0.3 is 0 Å². The highest BCUT2D eigenvalue weighted by Crippen LogP contribution is 2.24. The molecule has 0 spiro atoms. The molecule has 4 rings (SSSR count). The van der Waals surface area contributed by atoms with E-state index in [1.165, 1.54) is 18.2 Å². The molecule has 1 amide bonds. The Morgan fingerprint density at radius 3 is 2.18 bits per heavy atom. The van der Waals surface area contributed by atoms with Gasteiger partial charge in [-0.2, -0.15) is 0 Å². The van der Waals surface area contributed by atoms with E-state index in [2.05, 4.69) is 5.32 Å². The molecule has 0 heterocycles. The lowest BCUT2D eigenvalue weighted by molar-refractivity contribution is 0.0951. The number of amides is 1. The molecule has 0 radical (unpaired) electrons. The van der Waals surface area contributed by atoms with Gasteiger partial charge in [-0.25, -0.2) is 12.8 Å². The molecule has 0 aromatic heterocycles. The third-order valence-corrected chi connectivity index (χ3v) is 6.46. The van der Waals surface area contributed by atoms with E-state index in [0.29, 0.717) is 17.7 Å². The minimum absolute atomic E-state index is 0.0165. The largest absolute Gasteiger partial charge is 0.348 e. The van der Waals surface area contributed by atoms with E-state index >= 15 is 0 Å². The van der Waals surface area contributed by atoms with Gasteiger partial charge < -0.3 is 5.32 Å². The summed E-state index contributed by atoms with van der Waals surface area (Å²) in [5, 5.41) is 5.15. The van der Waals surface area contributed by atoms with Gasteiger partial charge in [0, 0.05) is 12.1 Å². The average molecular weight is 463 g/mol. The molecule has 0 saturated heterocycles. The van der Waals surface area contributed by atoms with Crippen LogP contribution in [0.1, 0.15) is 21.5 Å². The van der Waals surface area contributed by atoms with Gasteiger partial charge in [0.25, 0.3) is 5.91 Å². The number of nitrogens with zero attached hydrogens (tertiary/aromatic N) is 1. The molecule has 0 atom stereocenters. The number of halogens is 1.